The molecule has 134 valence electrons. The molecule has 0 spiro atoms. The third-order valence-electron chi connectivity index (χ3n) is 4.60. The molecule has 7 heteroatoms. The summed E-state index contributed by atoms with van der Waals surface area (Å²) in [6.45, 7) is 0. The van der Waals surface area contributed by atoms with Crippen molar-refractivity contribution in [2.75, 3.05) is 0 Å². The topological polar surface area (TPSA) is 75.4 Å². The Bertz CT molecular complexity index is 971. The fraction of sp³-hybridized carbons (Fsp3) is 0.263. The summed E-state index contributed by atoms with van der Waals surface area (Å²) < 4.78 is 32.2. The van der Waals surface area contributed by atoms with E-state index in [1.165, 1.54) is 0 Å². The number of hydrogen-bond donors (Lipinski definition) is 2. The van der Waals surface area contributed by atoms with Crippen molar-refractivity contribution in [2.45, 2.75) is 31.7 Å². The van der Waals surface area contributed by atoms with Gasteiger partial charge in [-0.1, -0.05) is 12.8 Å². The molecule has 1 aliphatic carbocycles. The van der Waals surface area contributed by atoms with Crippen molar-refractivity contribution in [1.82, 2.24) is 10.3 Å². The smallest absolute Gasteiger partial charge is 0.251 e. The number of nitrogens with zero attached hydrogens (tertiary/aromatic N) is 1. The van der Waals surface area contributed by atoms with Crippen molar-refractivity contribution in [2.24, 2.45) is 0 Å². The van der Waals surface area contributed by atoms with Crippen LogP contribution in [0.3, 0.4) is 0 Å². The number of aromatic nitrogens is 1. The first-order chi connectivity index (χ1) is 12.5. The number of amides is 1. The number of aromatic hydroxyl groups is 1. The van der Waals surface area contributed by atoms with Crippen molar-refractivity contribution in [3.8, 4) is 17.2 Å². The van der Waals surface area contributed by atoms with Crippen LogP contribution in [0, 0.1) is 11.6 Å². The summed E-state index contributed by atoms with van der Waals surface area (Å²) in [5.41, 5.74) is 1.39. The molecule has 2 aromatic carbocycles. The van der Waals surface area contributed by atoms with Crippen LogP contribution in [-0.4, -0.2) is 22.0 Å². The molecule has 1 aromatic heterocycles. The van der Waals surface area contributed by atoms with Gasteiger partial charge in [0, 0.05) is 17.2 Å². The highest BCUT2D eigenvalue weighted by atomic mass is 19.2. The van der Waals surface area contributed by atoms with Crippen LogP contribution < -0.4 is 5.32 Å². The molecule has 1 amide bonds. The van der Waals surface area contributed by atoms with Crippen molar-refractivity contribution in [3.05, 3.63) is 47.5 Å². The molecule has 4 rings (SSSR count). The number of phenols is 1. The van der Waals surface area contributed by atoms with Gasteiger partial charge in [0.2, 0.25) is 5.89 Å². The van der Waals surface area contributed by atoms with E-state index in [0.717, 1.165) is 37.8 Å². The molecule has 1 saturated carbocycles. The molecular formula is C19H16F2N2O3. The van der Waals surface area contributed by atoms with E-state index in [-0.39, 0.29) is 23.4 Å². The molecule has 0 atom stereocenters. The van der Waals surface area contributed by atoms with Gasteiger partial charge in [-0.05, 0) is 43.2 Å². The molecule has 3 aromatic rings. The number of nitrogens with one attached hydrogen (secondary N) is 1. The predicted molar refractivity (Wildman–Crippen MR) is 90.7 cm³/mol. The lowest BCUT2D eigenvalue weighted by molar-refractivity contribution is 0.0938. The van der Waals surface area contributed by atoms with E-state index in [1.54, 1.807) is 18.2 Å². The molecule has 0 radical (unpaired) electrons. The van der Waals surface area contributed by atoms with Crippen LogP contribution in [0.25, 0.3) is 22.6 Å². The van der Waals surface area contributed by atoms with Crippen LogP contribution in [0.5, 0.6) is 5.75 Å². The zero-order valence-corrected chi connectivity index (χ0v) is 13.8. The average molecular weight is 358 g/mol. The molecule has 2 N–H and O–H groups in total. The molecule has 0 aliphatic heterocycles. The zero-order valence-electron chi connectivity index (χ0n) is 13.8. The van der Waals surface area contributed by atoms with Gasteiger partial charge in [-0.15, -0.1) is 0 Å². The summed E-state index contributed by atoms with van der Waals surface area (Å²) >= 11 is 0. The molecule has 1 heterocycles. The Labute approximate surface area is 147 Å². The highest BCUT2D eigenvalue weighted by Crippen LogP contribution is 2.30. The first kappa shape index (κ1) is 16.5. The minimum atomic E-state index is -1.32. The Hall–Kier alpha value is -2.96. The van der Waals surface area contributed by atoms with Crippen LogP contribution in [0.2, 0.25) is 0 Å². The van der Waals surface area contributed by atoms with E-state index in [9.17, 15) is 18.7 Å². The number of fused-ring (bicyclic) bond motifs is 1. The number of benzene rings is 2. The number of carbonyl (C=O) groups is 1. The third kappa shape index (κ3) is 3.00. The van der Waals surface area contributed by atoms with Crippen LogP contribution in [0.4, 0.5) is 8.78 Å². The lowest BCUT2D eigenvalue weighted by atomic mass is 10.1. The second-order valence-electron chi connectivity index (χ2n) is 6.45. The maximum Gasteiger partial charge on any atom is 0.251 e. The summed E-state index contributed by atoms with van der Waals surface area (Å²) in [6.07, 6.45) is 4.22. The van der Waals surface area contributed by atoms with Crippen molar-refractivity contribution in [3.63, 3.8) is 0 Å². The normalized spacial score (nSPS) is 14.8. The van der Waals surface area contributed by atoms with Gasteiger partial charge in [-0.25, -0.2) is 9.37 Å². The molecule has 5 nitrogen and oxygen atoms in total. The molecule has 0 saturated heterocycles. The Morgan fingerprint density at radius 3 is 2.69 bits per heavy atom. The molecule has 1 fully saturated rings. The molecule has 0 bridgehead atoms. The number of phenolic OH excluding ortho intramolecular Hbond substituents is 1. The highest BCUT2D eigenvalue weighted by Gasteiger charge is 2.19. The first-order valence-electron chi connectivity index (χ1n) is 8.41. The Kier molecular flexibility index (Phi) is 4.06. The second-order valence-corrected chi connectivity index (χ2v) is 6.45. The van der Waals surface area contributed by atoms with Crippen molar-refractivity contribution >= 4 is 17.0 Å². The second kappa shape index (κ2) is 6.40. The average Bonchev–Trinajstić information content (AvgIpc) is 3.27. The van der Waals surface area contributed by atoms with E-state index >= 15 is 0 Å². The Morgan fingerprint density at radius 2 is 1.96 bits per heavy atom. The van der Waals surface area contributed by atoms with Gasteiger partial charge >= 0.3 is 0 Å². The summed E-state index contributed by atoms with van der Waals surface area (Å²) in [7, 11) is 0. The fourth-order valence-corrected chi connectivity index (χ4v) is 3.23. The number of hydrogen-bond acceptors (Lipinski definition) is 4. The van der Waals surface area contributed by atoms with Gasteiger partial charge < -0.3 is 14.8 Å². The molecule has 26 heavy (non-hydrogen) atoms. The van der Waals surface area contributed by atoms with Gasteiger partial charge in [-0.3, -0.25) is 4.79 Å². The lowest BCUT2D eigenvalue weighted by Gasteiger charge is -2.11. The number of oxazole rings is 1. The fourth-order valence-electron chi connectivity index (χ4n) is 3.23. The summed E-state index contributed by atoms with van der Waals surface area (Å²) in [5, 5.41) is 12.4. The first-order valence-corrected chi connectivity index (χ1v) is 8.41. The van der Waals surface area contributed by atoms with Gasteiger partial charge in [0.05, 0.1) is 0 Å². The van der Waals surface area contributed by atoms with E-state index in [0.29, 0.717) is 16.7 Å². The Balaban J connectivity index is 1.64. The molecule has 0 unspecified atom stereocenters. The van der Waals surface area contributed by atoms with Crippen LogP contribution >= 0.6 is 0 Å². The zero-order chi connectivity index (χ0) is 18.3. The summed E-state index contributed by atoms with van der Waals surface area (Å²) in [4.78, 5) is 16.6. The largest absolute Gasteiger partial charge is 0.505 e. The number of rotatable bonds is 3. The van der Waals surface area contributed by atoms with Gasteiger partial charge in [0.1, 0.15) is 5.52 Å². The lowest BCUT2D eigenvalue weighted by Crippen LogP contribution is -2.32. The number of carbonyl (C=O) groups excluding carboxylic acids is 1. The van der Waals surface area contributed by atoms with E-state index < -0.39 is 17.4 Å². The maximum absolute atomic E-state index is 13.5. The quantitative estimate of drug-likeness (QED) is 0.737. The van der Waals surface area contributed by atoms with Gasteiger partial charge in [0.15, 0.2) is 23.0 Å². The van der Waals surface area contributed by atoms with Crippen molar-refractivity contribution < 1.29 is 23.1 Å². The van der Waals surface area contributed by atoms with E-state index in [4.69, 9.17) is 4.42 Å². The van der Waals surface area contributed by atoms with Crippen LogP contribution in [0.15, 0.2) is 34.7 Å². The maximum atomic E-state index is 13.5. The van der Waals surface area contributed by atoms with E-state index in [2.05, 4.69) is 10.3 Å². The minimum Gasteiger partial charge on any atom is -0.505 e. The number of halogens is 2. The van der Waals surface area contributed by atoms with E-state index in [1.807, 2.05) is 0 Å². The van der Waals surface area contributed by atoms with Gasteiger partial charge in [-0.2, -0.15) is 4.39 Å². The molecule has 1 aliphatic rings. The minimum absolute atomic E-state index is 0.0301. The standard InChI is InChI=1S/C19H16F2N2O3/c20-13-7-11(9-15(24)17(13)21)19-23-14-8-10(5-6-16(14)26-19)18(25)22-12-3-1-2-4-12/h5-9,12,24H,1-4H2,(H,22,25). The summed E-state index contributed by atoms with van der Waals surface area (Å²) in [6, 6.07) is 6.96. The van der Waals surface area contributed by atoms with Crippen LogP contribution in [-0.2, 0) is 0 Å². The Morgan fingerprint density at radius 1 is 1.19 bits per heavy atom. The van der Waals surface area contributed by atoms with Crippen molar-refractivity contribution in [1.29, 1.82) is 0 Å². The van der Waals surface area contributed by atoms with Crippen LogP contribution in [0.1, 0.15) is 36.0 Å². The van der Waals surface area contributed by atoms with Gasteiger partial charge in [0.25, 0.3) is 5.91 Å². The third-order valence-corrected chi connectivity index (χ3v) is 4.60. The monoisotopic (exact) mass is 358 g/mol. The predicted octanol–water partition coefficient (Wildman–Crippen LogP) is 4.15. The SMILES string of the molecule is O=C(NC1CCCC1)c1ccc2oc(-c3cc(O)c(F)c(F)c3)nc2c1. The highest BCUT2D eigenvalue weighted by molar-refractivity contribution is 5.97. The summed E-state index contributed by atoms with van der Waals surface area (Å²) in [5.74, 6) is -3.48. The molecular weight excluding hydrogens is 342 g/mol.